The molecule has 2 heterocycles. The summed E-state index contributed by atoms with van der Waals surface area (Å²) in [6.07, 6.45) is 3.80. The molecule has 2 N–H and O–H groups in total. The third-order valence-electron chi connectivity index (χ3n) is 3.80. The number of hydrogen-bond donors (Lipinski definition) is 2. The lowest BCUT2D eigenvalue weighted by Gasteiger charge is -2.31. The van der Waals surface area contributed by atoms with Crippen LogP contribution in [-0.4, -0.2) is 55.7 Å². The van der Waals surface area contributed by atoms with Crippen LogP contribution in [0.4, 0.5) is 4.79 Å². The number of carbonyl (C=O) groups excluding carboxylic acids is 2. The van der Waals surface area contributed by atoms with Gasteiger partial charge in [0.2, 0.25) is 0 Å². The molecule has 0 spiro atoms. The van der Waals surface area contributed by atoms with E-state index in [-0.39, 0.29) is 18.0 Å². The van der Waals surface area contributed by atoms with Crippen LogP contribution in [0.1, 0.15) is 36.7 Å². The first kappa shape index (κ1) is 17.3. The molecule has 3 amide bonds. The third-order valence-corrected chi connectivity index (χ3v) is 3.80. The standard InChI is InChI=1S/C16H25N3O4/c1-2-22-11-4-8-17-16(21)18-13-6-9-19(10-7-13)15(20)14-5-3-12-23-14/h3,5,12-13H,2,4,6-11H2,1H3,(H2,17,18,21). The zero-order valence-corrected chi connectivity index (χ0v) is 13.5. The molecule has 128 valence electrons. The number of amides is 3. The number of carbonyl (C=O) groups is 2. The topological polar surface area (TPSA) is 83.8 Å². The highest BCUT2D eigenvalue weighted by atomic mass is 16.5. The van der Waals surface area contributed by atoms with Gasteiger partial charge in [0.15, 0.2) is 5.76 Å². The van der Waals surface area contributed by atoms with E-state index >= 15 is 0 Å². The predicted molar refractivity (Wildman–Crippen MR) is 85.3 cm³/mol. The third kappa shape index (κ3) is 5.59. The van der Waals surface area contributed by atoms with E-state index in [9.17, 15) is 9.59 Å². The van der Waals surface area contributed by atoms with E-state index in [0.717, 1.165) is 19.3 Å². The summed E-state index contributed by atoms with van der Waals surface area (Å²) in [6, 6.07) is 3.32. The van der Waals surface area contributed by atoms with Gasteiger partial charge in [-0.25, -0.2) is 4.79 Å². The Bertz CT molecular complexity index is 482. The molecule has 23 heavy (non-hydrogen) atoms. The minimum Gasteiger partial charge on any atom is -0.459 e. The normalized spacial score (nSPS) is 15.4. The van der Waals surface area contributed by atoms with Gasteiger partial charge in [0.25, 0.3) is 5.91 Å². The fourth-order valence-corrected chi connectivity index (χ4v) is 2.54. The van der Waals surface area contributed by atoms with Crippen LogP contribution in [0.25, 0.3) is 0 Å². The maximum absolute atomic E-state index is 12.1. The predicted octanol–water partition coefficient (Wildman–Crippen LogP) is 1.61. The van der Waals surface area contributed by atoms with E-state index < -0.39 is 0 Å². The Morgan fingerprint density at radius 3 is 2.83 bits per heavy atom. The van der Waals surface area contributed by atoms with Crippen LogP contribution in [0.15, 0.2) is 22.8 Å². The molecule has 0 aromatic carbocycles. The molecule has 1 saturated heterocycles. The van der Waals surface area contributed by atoms with Crippen molar-refractivity contribution >= 4 is 11.9 Å². The molecule has 0 bridgehead atoms. The van der Waals surface area contributed by atoms with Crippen molar-refractivity contribution < 1.29 is 18.7 Å². The highest BCUT2D eigenvalue weighted by Crippen LogP contribution is 2.14. The van der Waals surface area contributed by atoms with Crippen LogP contribution in [0.2, 0.25) is 0 Å². The number of rotatable bonds is 7. The van der Waals surface area contributed by atoms with Gasteiger partial charge in [-0.05, 0) is 38.3 Å². The van der Waals surface area contributed by atoms with Crippen molar-refractivity contribution in [3.8, 4) is 0 Å². The summed E-state index contributed by atoms with van der Waals surface area (Å²) in [5.74, 6) is 0.275. The Morgan fingerprint density at radius 2 is 2.17 bits per heavy atom. The fraction of sp³-hybridized carbons (Fsp3) is 0.625. The van der Waals surface area contributed by atoms with Crippen molar-refractivity contribution in [2.75, 3.05) is 32.8 Å². The Morgan fingerprint density at radius 1 is 1.39 bits per heavy atom. The van der Waals surface area contributed by atoms with E-state index in [2.05, 4.69) is 10.6 Å². The van der Waals surface area contributed by atoms with Crippen molar-refractivity contribution in [3.05, 3.63) is 24.2 Å². The zero-order chi connectivity index (χ0) is 16.5. The minimum absolute atomic E-state index is 0.0891. The average Bonchev–Trinajstić information content (AvgIpc) is 3.09. The lowest BCUT2D eigenvalue weighted by atomic mass is 10.0. The summed E-state index contributed by atoms with van der Waals surface area (Å²) in [4.78, 5) is 25.7. The summed E-state index contributed by atoms with van der Waals surface area (Å²) in [6.45, 7) is 5.14. The zero-order valence-electron chi connectivity index (χ0n) is 13.5. The monoisotopic (exact) mass is 323 g/mol. The SMILES string of the molecule is CCOCCCNC(=O)NC1CCN(C(=O)c2ccco2)CC1. The van der Waals surface area contributed by atoms with E-state index in [4.69, 9.17) is 9.15 Å². The van der Waals surface area contributed by atoms with Gasteiger partial charge < -0.3 is 24.7 Å². The molecule has 1 aliphatic rings. The largest absolute Gasteiger partial charge is 0.459 e. The summed E-state index contributed by atoms with van der Waals surface area (Å²) in [7, 11) is 0. The molecule has 1 aliphatic heterocycles. The molecular weight excluding hydrogens is 298 g/mol. The van der Waals surface area contributed by atoms with Gasteiger partial charge in [-0.3, -0.25) is 4.79 Å². The smallest absolute Gasteiger partial charge is 0.315 e. The van der Waals surface area contributed by atoms with Crippen LogP contribution in [0.3, 0.4) is 0 Å². The van der Waals surface area contributed by atoms with Crippen molar-refractivity contribution in [2.24, 2.45) is 0 Å². The molecule has 7 heteroatoms. The summed E-state index contributed by atoms with van der Waals surface area (Å²) >= 11 is 0. The number of nitrogens with zero attached hydrogens (tertiary/aromatic N) is 1. The molecule has 0 saturated carbocycles. The number of hydrogen-bond acceptors (Lipinski definition) is 4. The highest BCUT2D eigenvalue weighted by Gasteiger charge is 2.25. The number of piperidine rings is 1. The fourth-order valence-electron chi connectivity index (χ4n) is 2.54. The average molecular weight is 323 g/mol. The van der Waals surface area contributed by atoms with Crippen LogP contribution < -0.4 is 10.6 Å². The molecular formula is C16H25N3O4. The number of furan rings is 1. The van der Waals surface area contributed by atoms with Gasteiger partial charge in [-0.1, -0.05) is 0 Å². The maximum atomic E-state index is 12.1. The van der Waals surface area contributed by atoms with Gasteiger partial charge in [-0.15, -0.1) is 0 Å². The quantitative estimate of drug-likeness (QED) is 0.747. The molecule has 2 rings (SSSR count). The maximum Gasteiger partial charge on any atom is 0.315 e. The van der Waals surface area contributed by atoms with Gasteiger partial charge in [0.1, 0.15) is 0 Å². The van der Waals surface area contributed by atoms with E-state index in [0.29, 0.717) is 38.6 Å². The number of ether oxygens (including phenoxy) is 1. The second-order valence-electron chi connectivity index (χ2n) is 5.49. The second kappa shape index (κ2) is 9.19. The Balaban J connectivity index is 1.62. The van der Waals surface area contributed by atoms with E-state index in [1.165, 1.54) is 6.26 Å². The molecule has 0 aliphatic carbocycles. The van der Waals surface area contributed by atoms with E-state index in [1.807, 2.05) is 6.92 Å². The first-order chi connectivity index (χ1) is 11.2. The Kier molecular flexibility index (Phi) is 6.93. The van der Waals surface area contributed by atoms with E-state index in [1.54, 1.807) is 17.0 Å². The number of likely N-dealkylation sites (tertiary alicyclic amines) is 1. The van der Waals surface area contributed by atoms with Crippen molar-refractivity contribution in [3.63, 3.8) is 0 Å². The molecule has 1 aromatic rings. The van der Waals surface area contributed by atoms with Crippen molar-refractivity contribution in [1.29, 1.82) is 0 Å². The highest BCUT2D eigenvalue weighted by molar-refractivity contribution is 5.91. The lowest BCUT2D eigenvalue weighted by Crippen LogP contribution is -2.49. The first-order valence-electron chi connectivity index (χ1n) is 8.15. The minimum atomic E-state index is -0.155. The molecule has 7 nitrogen and oxygen atoms in total. The lowest BCUT2D eigenvalue weighted by molar-refractivity contribution is 0.0676. The van der Waals surface area contributed by atoms with Crippen LogP contribution in [0.5, 0.6) is 0 Å². The van der Waals surface area contributed by atoms with Crippen molar-refractivity contribution in [2.45, 2.75) is 32.2 Å². The van der Waals surface area contributed by atoms with Crippen molar-refractivity contribution in [1.82, 2.24) is 15.5 Å². The van der Waals surface area contributed by atoms with Gasteiger partial charge in [0, 0.05) is 38.9 Å². The number of nitrogens with one attached hydrogen (secondary N) is 2. The van der Waals surface area contributed by atoms with Crippen LogP contribution in [-0.2, 0) is 4.74 Å². The Labute approximate surface area is 136 Å². The Hall–Kier alpha value is -2.02. The van der Waals surface area contributed by atoms with Gasteiger partial charge in [-0.2, -0.15) is 0 Å². The first-order valence-corrected chi connectivity index (χ1v) is 8.15. The molecule has 0 atom stereocenters. The summed E-state index contributed by atoms with van der Waals surface area (Å²) in [5.41, 5.74) is 0. The van der Waals surface area contributed by atoms with Crippen LogP contribution >= 0.6 is 0 Å². The summed E-state index contributed by atoms with van der Waals surface area (Å²) in [5, 5.41) is 5.77. The molecule has 1 aromatic heterocycles. The van der Waals surface area contributed by atoms with Gasteiger partial charge in [0.05, 0.1) is 6.26 Å². The molecule has 1 fully saturated rings. The molecule has 0 unspecified atom stereocenters. The van der Waals surface area contributed by atoms with Gasteiger partial charge >= 0.3 is 6.03 Å². The second-order valence-corrected chi connectivity index (χ2v) is 5.49. The molecule has 0 radical (unpaired) electrons. The van der Waals surface area contributed by atoms with Crippen LogP contribution in [0, 0.1) is 0 Å². The summed E-state index contributed by atoms with van der Waals surface area (Å²) < 4.78 is 10.3. The number of urea groups is 1.